The summed E-state index contributed by atoms with van der Waals surface area (Å²) in [5, 5.41) is 2.41. The molecule has 4 nitrogen and oxygen atoms in total. The Balaban J connectivity index is 1.01. The Morgan fingerprint density at radius 3 is 2.40 bits per heavy atom. The molecule has 57 heavy (non-hydrogen) atoms. The van der Waals surface area contributed by atoms with E-state index >= 15 is 0 Å². The van der Waals surface area contributed by atoms with Crippen molar-refractivity contribution in [3.63, 3.8) is 0 Å². The van der Waals surface area contributed by atoms with Gasteiger partial charge in [-0.3, -0.25) is 0 Å². The third kappa shape index (κ3) is 6.29. The van der Waals surface area contributed by atoms with Gasteiger partial charge in [-0.2, -0.15) is 0 Å². The Morgan fingerprint density at radius 2 is 1.51 bits per heavy atom. The lowest BCUT2D eigenvalue weighted by molar-refractivity contribution is 0.546. The van der Waals surface area contributed by atoms with Crippen molar-refractivity contribution < 1.29 is 4.42 Å². The lowest BCUT2D eigenvalue weighted by atomic mass is 9.90. The van der Waals surface area contributed by atoms with Crippen LogP contribution in [0.3, 0.4) is 0 Å². The van der Waals surface area contributed by atoms with Crippen LogP contribution in [0.1, 0.15) is 76.1 Å². The Morgan fingerprint density at radius 1 is 0.649 bits per heavy atom. The first-order valence-electron chi connectivity index (χ1n) is 20.0. The highest BCUT2D eigenvalue weighted by atomic mass is 32.1. The smallest absolute Gasteiger partial charge is 0.164 e. The zero-order valence-electron chi connectivity index (χ0n) is 31.5. The molecule has 1 atom stereocenters. The van der Waals surface area contributed by atoms with Crippen LogP contribution in [-0.2, 0) is 12.8 Å². The van der Waals surface area contributed by atoms with Crippen LogP contribution in [0.25, 0.3) is 72.4 Å². The Kier molecular flexibility index (Phi) is 8.47. The van der Waals surface area contributed by atoms with Crippen LogP contribution in [0.4, 0.5) is 0 Å². The van der Waals surface area contributed by atoms with Crippen molar-refractivity contribution in [2.75, 3.05) is 0 Å². The molecule has 3 heterocycles. The molecule has 1 unspecified atom stereocenters. The Hall–Kier alpha value is -6.43. The minimum atomic E-state index is 0.0737. The molecule has 0 amide bonds. The van der Waals surface area contributed by atoms with Gasteiger partial charge in [0.2, 0.25) is 0 Å². The molecule has 11 rings (SSSR count). The monoisotopic (exact) mass is 753 g/mol. The second-order valence-corrected chi connectivity index (χ2v) is 16.4. The largest absolute Gasteiger partial charge is 0.460 e. The highest BCUT2D eigenvalue weighted by Crippen LogP contribution is 2.44. The number of aromatic nitrogens is 3. The van der Waals surface area contributed by atoms with Crippen molar-refractivity contribution in [3.8, 4) is 22.5 Å². The quantitative estimate of drug-likeness (QED) is 0.170. The molecule has 0 spiro atoms. The maximum Gasteiger partial charge on any atom is 0.164 e. The molecule has 0 bridgehead atoms. The third-order valence-corrected chi connectivity index (χ3v) is 12.9. The van der Waals surface area contributed by atoms with Crippen LogP contribution < -0.4 is 0 Å². The van der Waals surface area contributed by atoms with Gasteiger partial charge in [0.1, 0.15) is 17.2 Å². The lowest BCUT2D eigenvalue weighted by Gasteiger charge is -2.16. The first kappa shape index (κ1) is 33.9. The molecule has 274 valence electrons. The second-order valence-electron chi connectivity index (χ2n) is 15.2. The predicted molar refractivity (Wildman–Crippen MR) is 238 cm³/mol. The van der Waals surface area contributed by atoms with Gasteiger partial charge in [-0.15, -0.1) is 11.3 Å². The number of thiophene rings is 1. The number of allylic oxidation sites excluding steroid dienone is 12. The molecule has 5 heteroatoms. The average Bonchev–Trinajstić information content (AvgIpc) is 3.74. The van der Waals surface area contributed by atoms with E-state index in [-0.39, 0.29) is 5.92 Å². The van der Waals surface area contributed by atoms with Gasteiger partial charge in [0.15, 0.2) is 11.6 Å². The molecule has 4 aliphatic carbocycles. The average molecular weight is 754 g/mol. The molecule has 0 N–H and O–H groups in total. The zero-order valence-corrected chi connectivity index (χ0v) is 32.3. The summed E-state index contributed by atoms with van der Waals surface area (Å²) in [5.74, 6) is 3.38. The third-order valence-electron chi connectivity index (χ3n) is 11.7. The molecule has 0 radical (unpaired) electrons. The molecular formula is C52H39N3OS. The highest BCUT2D eigenvalue weighted by molar-refractivity contribution is 7.19. The van der Waals surface area contributed by atoms with Gasteiger partial charge in [-0.05, 0) is 101 Å². The van der Waals surface area contributed by atoms with Gasteiger partial charge in [-0.1, -0.05) is 127 Å². The normalized spacial score (nSPS) is 17.3. The van der Waals surface area contributed by atoms with Crippen LogP contribution in [0, 0.1) is 0 Å². The summed E-state index contributed by atoms with van der Waals surface area (Å²) in [6.07, 6.45) is 30.0. The molecule has 7 aromatic rings. The topological polar surface area (TPSA) is 51.8 Å². The van der Waals surface area contributed by atoms with Gasteiger partial charge < -0.3 is 4.42 Å². The maximum atomic E-state index is 6.24. The van der Waals surface area contributed by atoms with E-state index in [1.165, 1.54) is 64.9 Å². The van der Waals surface area contributed by atoms with E-state index in [1.54, 1.807) is 0 Å². The number of aryl methyl sites for hydroxylation is 2. The van der Waals surface area contributed by atoms with Crippen LogP contribution >= 0.6 is 11.3 Å². The first-order valence-corrected chi connectivity index (χ1v) is 20.8. The molecule has 0 saturated heterocycles. The van der Waals surface area contributed by atoms with Crippen LogP contribution in [0.5, 0.6) is 0 Å². The first-order chi connectivity index (χ1) is 28.2. The van der Waals surface area contributed by atoms with Crippen LogP contribution in [-0.4, -0.2) is 15.0 Å². The van der Waals surface area contributed by atoms with Gasteiger partial charge in [0.05, 0.1) is 0 Å². The fourth-order valence-corrected chi connectivity index (χ4v) is 9.92. The fourth-order valence-electron chi connectivity index (χ4n) is 8.71. The lowest BCUT2D eigenvalue weighted by Crippen LogP contribution is -2.09. The molecule has 3 aromatic heterocycles. The second kappa shape index (κ2) is 14.3. The summed E-state index contributed by atoms with van der Waals surface area (Å²) in [5.41, 5.74) is 13.0. The highest BCUT2D eigenvalue weighted by Gasteiger charge is 2.24. The minimum absolute atomic E-state index is 0.0737. The van der Waals surface area contributed by atoms with Gasteiger partial charge in [-0.25, -0.2) is 15.0 Å². The van der Waals surface area contributed by atoms with Crippen molar-refractivity contribution in [1.29, 1.82) is 0 Å². The number of furan rings is 1. The summed E-state index contributed by atoms with van der Waals surface area (Å²) in [6.45, 7) is 0. The molecule has 0 aliphatic heterocycles. The van der Waals surface area contributed by atoms with E-state index in [4.69, 9.17) is 19.4 Å². The van der Waals surface area contributed by atoms with E-state index < -0.39 is 0 Å². The number of hydrogen-bond acceptors (Lipinski definition) is 5. The fraction of sp³-hybridized carbons (Fsp3) is 0.135. The molecule has 0 fully saturated rings. The summed E-state index contributed by atoms with van der Waals surface area (Å²) >= 11 is 1.90. The molecular weight excluding hydrogens is 715 g/mol. The number of nitrogens with zero attached hydrogens (tertiary/aromatic N) is 3. The van der Waals surface area contributed by atoms with Crippen molar-refractivity contribution in [1.82, 2.24) is 15.0 Å². The van der Waals surface area contributed by atoms with Gasteiger partial charge >= 0.3 is 0 Å². The van der Waals surface area contributed by atoms with Gasteiger partial charge in [0, 0.05) is 49.4 Å². The predicted octanol–water partition coefficient (Wildman–Crippen LogP) is 13.6. The Labute approximate surface area is 336 Å². The Bertz CT molecular complexity index is 2950. The van der Waals surface area contributed by atoms with Crippen molar-refractivity contribution in [3.05, 3.63) is 190 Å². The number of rotatable bonds is 6. The SMILES string of the molecule is C1=CCC(c2ccc3oc4c(c3c2)C=CCC4)=CC(c2nc(-c3cccc4sc5c(c34)C=C(c3ccc(-c4ccccc4)cc3)CC5)nc(C3C=CC=CC3)n2)=C1. The summed E-state index contributed by atoms with van der Waals surface area (Å²) in [7, 11) is 0. The van der Waals surface area contributed by atoms with E-state index in [1.807, 2.05) is 11.3 Å². The van der Waals surface area contributed by atoms with E-state index in [0.29, 0.717) is 5.82 Å². The van der Waals surface area contributed by atoms with E-state index in [2.05, 4.69) is 158 Å². The number of hydrogen-bond donors (Lipinski definition) is 0. The van der Waals surface area contributed by atoms with Crippen molar-refractivity contribution >= 4 is 61.3 Å². The summed E-state index contributed by atoms with van der Waals surface area (Å²) in [4.78, 5) is 17.3. The summed E-state index contributed by atoms with van der Waals surface area (Å²) in [6, 6.07) is 32.9. The minimum Gasteiger partial charge on any atom is -0.460 e. The van der Waals surface area contributed by atoms with Crippen molar-refractivity contribution in [2.45, 2.75) is 44.4 Å². The number of benzene rings is 4. The number of fused-ring (bicyclic) bond motifs is 6. The zero-order chi connectivity index (χ0) is 37.7. The summed E-state index contributed by atoms with van der Waals surface area (Å²) < 4.78 is 7.51. The maximum absolute atomic E-state index is 6.24. The van der Waals surface area contributed by atoms with Crippen LogP contribution in [0.15, 0.2) is 150 Å². The van der Waals surface area contributed by atoms with Crippen LogP contribution in [0.2, 0.25) is 0 Å². The van der Waals surface area contributed by atoms with E-state index in [9.17, 15) is 0 Å². The van der Waals surface area contributed by atoms with E-state index in [0.717, 1.165) is 72.7 Å². The molecule has 4 aliphatic rings. The van der Waals surface area contributed by atoms with Crippen molar-refractivity contribution in [2.24, 2.45) is 0 Å². The molecule has 4 aromatic carbocycles. The van der Waals surface area contributed by atoms with Gasteiger partial charge in [0.25, 0.3) is 0 Å². The molecule has 0 saturated carbocycles. The standard InChI is InChI=1S/C52H39N3OS/c1-3-12-33(13-4-1)34-22-24-35(25-23-34)38-27-29-47-44(32-38)49-42(19-11-21-48(49)57-47)52-54-50(36-14-5-2-6-15-36)53-51(55-52)40-17-8-7-16-37(30-40)39-26-28-46-43(31-39)41-18-9-10-20-45(41)56-46/h1-9,11-14,17-19,21-26,28,30-32,36H,10,15-16,20,27,29H2.